The van der Waals surface area contributed by atoms with Crippen molar-refractivity contribution in [3.05, 3.63) is 144 Å². The minimum absolute atomic E-state index is 0.000727. The minimum Gasteiger partial charge on any atom is -0.481 e. The monoisotopic (exact) mass is 863 g/mol. The van der Waals surface area contributed by atoms with Gasteiger partial charge in [-0.25, -0.2) is 4.79 Å². The molecule has 0 saturated carbocycles. The first-order valence-corrected chi connectivity index (χ1v) is 20.9. The fourth-order valence-electron chi connectivity index (χ4n) is 6.76. The van der Waals surface area contributed by atoms with E-state index in [0.29, 0.717) is 41.6 Å². The zero-order valence-corrected chi connectivity index (χ0v) is 35.0. The topological polar surface area (TPSA) is 272 Å². The van der Waals surface area contributed by atoms with Gasteiger partial charge in [-0.05, 0) is 54.5 Å². The molecule has 0 saturated heterocycles. The Labute approximate surface area is 366 Å². The zero-order chi connectivity index (χ0) is 45.6. The predicted octanol–water partition coefficient (Wildman–Crippen LogP) is 1.79. The van der Waals surface area contributed by atoms with Crippen LogP contribution in [0.5, 0.6) is 0 Å². The van der Waals surface area contributed by atoms with Gasteiger partial charge >= 0.3 is 11.9 Å². The van der Waals surface area contributed by atoms with Gasteiger partial charge < -0.3 is 48.3 Å². The number of hydrogen-bond donors (Lipinski definition) is 9. The van der Waals surface area contributed by atoms with Crippen molar-refractivity contribution in [1.29, 1.82) is 0 Å². The maximum atomic E-state index is 14.5. The number of carboxylic acid groups (broad SMARTS) is 2. The molecule has 0 aliphatic heterocycles. The first-order valence-electron chi connectivity index (χ1n) is 20.9. The van der Waals surface area contributed by atoms with Gasteiger partial charge in [0.25, 0.3) is 0 Å². The fourth-order valence-corrected chi connectivity index (χ4v) is 6.76. The van der Waals surface area contributed by atoms with Gasteiger partial charge in [0.05, 0.1) is 6.04 Å². The van der Waals surface area contributed by atoms with Gasteiger partial charge in [0.1, 0.15) is 30.2 Å². The molecule has 0 spiro atoms. The molecule has 4 aromatic carbocycles. The van der Waals surface area contributed by atoms with Crippen LogP contribution < -0.4 is 38.1 Å². The number of carbonyl (C=O) groups is 7. The van der Waals surface area contributed by atoms with Gasteiger partial charge in [-0.3, -0.25) is 28.8 Å². The Kier molecular flexibility index (Phi) is 19.9. The molecule has 4 rings (SSSR count). The van der Waals surface area contributed by atoms with Crippen molar-refractivity contribution < 1.29 is 43.8 Å². The minimum atomic E-state index is -1.30. The summed E-state index contributed by atoms with van der Waals surface area (Å²) in [6.07, 6.45) is 0.549. The summed E-state index contributed by atoms with van der Waals surface area (Å²) in [5.74, 6) is -6.10. The molecule has 16 nitrogen and oxygen atoms in total. The van der Waals surface area contributed by atoms with Crippen molar-refractivity contribution in [2.75, 3.05) is 6.54 Å². The van der Waals surface area contributed by atoms with Crippen molar-refractivity contribution in [1.82, 2.24) is 26.6 Å². The summed E-state index contributed by atoms with van der Waals surface area (Å²) >= 11 is 0. The first kappa shape index (κ1) is 48.8. The van der Waals surface area contributed by atoms with Crippen LogP contribution in [0, 0.1) is 0 Å². The molecule has 0 radical (unpaired) electrons. The van der Waals surface area contributed by atoms with E-state index >= 15 is 0 Å². The maximum absolute atomic E-state index is 14.5. The van der Waals surface area contributed by atoms with Crippen LogP contribution in [0.4, 0.5) is 0 Å². The Hall–Kier alpha value is -6.91. The van der Waals surface area contributed by atoms with Crippen LogP contribution in [0.3, 0.4) is 0 Å². The second-order valence-corrected chi connectivity index (χ2v) is 15.2. The standard InChI is InChI=1S/C47H57N7O9/c48-26-14-13-23-36(47(62)63)50-43(58)38(28-32-17-7-2-8-18-32)52-45(60)40(30-34-21-11-4-12-22-34)54-46(61)39(29-33-19-9-3-10-20-33)53-44(59)37(27-31-15-5-1-6-16-31)51-42(57)35(49)24-25-41(55)56/h1-12,15-22,35-40H,13-14,23-30,48-49H2,(H,50,58)(H,51,57)(H,52,60)(H,53,59)(H,54,61)(H,55,56)(H,62,63)/t35-,36-,37-,38-,39-,40-/m0/s1. The third kappa shape index (κ3) is 17.2. The molecule has 0 aromatic heterocycles. The van der Waals surface area contributed by atoms with Gasteiger partial charge in [-0.2, -0.15) is 0 Å². The highest BCUT2D eigenvalue weighted by molar-refractivity contribution is 5.96. The normalized spacial score (nSPS) is 13.7. The van der Waals surface area contributed by atoms with Crippen molar-refractivity contribution in [2.24, 2.45) is 11.5 Å². The molecular formula is C47H57N7O9. The lowest BCUT2D eigenvalue weighted by Crippen LogP contribution is -2.60. The average Bonchev–Trinajstić information content (AvgIpc) is 3.28. The number of benzene rings is 4. The van der Waals surface area contributed by atoms with E-state index in [9.17, 15) is 38.7 Å². The van der Waals surface area contributed by atoms with Crippen LogP contribution in [-0.2, 0) is 59.2 Å². The smallest absolute Gasteiger partial charge is 0.326 e. The molecular weight excluding hydrogens is 807 g/mol. The Bertz CT molecular complexity index is 2090. The van der Waals surface area contributed by atoms with E-state index in [4.69, 9.17) is 16.6 Å². The summed E-state index contributed by atoms with van der Waals surface area (Å²) in [6.45, 7) is 0.354. The van der Waals surface area contributed by atoms with E-state index < -0.39 is 77.7 Å². The molecule has 0 heterocycles. The Morgan fingerprint density at radius 2 is 0.730 bits per heavy atom. The van der Waals surface area contributed by atoms with E-state index in [-0.39, 0.29) is 44.9 Å². The number of nitrogens with one attached hydrogen (secondary N) is 5. The lowest BCUT2D eigenvalue weighted by molar-refractivity contribution is -0.142. The quantitative estimate of drug-likeness (QED) is 0.0411. The van der Waals surface area contributed by atoms with Gasteiger partial charge in [0, 0.05) is 32.1 Å². The van der Waals surface area contributed by atoms with Gasteiger partial charge in [0.2, 0.25) is 29.5 Å². The van der Waals surface area contributed by atoms with Crippen LogP contribution in [-0.4, -0.2) is 94.5 Å². The van der Waals surface area contributed by atoms with E-state index in [0.717, 1.165) is 0 Å². The lowest BCUT2D eigenvalue weighted by atomic mass is 10.00. The Balaban J connectivity index is 1.64. The first-order chi connectivity index (χ1) is 30.3. The lowest BCUT2D eigenvalue weighted by Gasteiger charge is -2.27. The largest absolute Gasteiger partial charge is 0.481 e. The summed E-state index contributed by atoms with van der Waals surface area (Å²) in [7, 11) is 0. The highest BCUT2D eigenvalue weighted by Crippen LogP contribution is 2.12. The number of amides is 5. The fraction of sp³-hybridized carbons (Fsp3) is 0.340. The molecule has 0 unspecified atom stereocenters. The van der Waals surface area contributed by atoms with E-state index in [1.165, 1.54) is 0 Å². The van der Waals surface area contributed by atoms with Gasteiger partial charge in [-0.1, -0.05) is 121 Å². The molecule has 0 aliphatic carbocycles. The van der Waals surface area contributed by atoms with E-state index in [2.05, 4.69) is 26.6 Å². The molecule has 16 heteroatoms. The van der Waals surface area contributed by atoms with E-state index in [1.807, 2.05) is 0 Å². The second-order valence-electron chi connectivity index (χ2n) is 15.2. The summed E-state index contributed by atoms with van der Waals surface area (Å²) in [5.41, 5.74) is 14.3. The van der Waals surface area contributed by atoms with Gasteiger partial charge in [0.15, 0.2) is 0 Å². The molecule has 0 bridgehead atoms. The number of carbonyl (C=O) groups excluding carboxylic acids is 5. The third-order valence-corrected chi connectivity index (χ3v) is 10.2. The number of hydrogen-bond acceptors (Lipinski definition) is 9. The van der Waals surface area contributed by atoms with Crippen LogP contribution >= 0.6 is 0 Å². The molecule has 4 aromatic rings. The van der Waals surface area contributed by atoms with Gasteiger partial charge in [-0.15, -0.1) is 0 Å². The predicted molar refractivity (Wildman–Crippen MR) is 236 cm³/mol. The molecule has 0 aliphatic rings. The third-order valence-electron chi connectivity index (χ3n) is 10.2. The Morgan fingerprint density at radius 1 is 0.429 bits per heavy atom. The molecule has 334 valence electrons. The Morgan fingerprint density at radius 3 is 1.02 bits per heavy atom. The summed E-state index contributed by atoms with van der Waals surface area (Å²) in [4.78, 5) is 93.4. The van der Waals surface area contributed by atoms with Crippen molar-refractivity contribution >= 4 is 41.5 Å². The summed E-state index contributed by atoms with van der Waals surface area (Å²) < 4.78 is 0. The highest BCUT2D eigenvalue weighted by atomic mass is 16.4. The summed E-state index contributed by atoms with van der Waals surface area (Å²) in [5, 5.41) is 32.6. The second kappa shape index (κ2) is 25.8. The molecule has 63 heavy (non-hydrogen) atoms. The number of carboxylic acids is 2. The highest BCUT2D eigenvalue weighted by Gasteiger charge is 2.33. The SMILES string of the molecule is NCCCC[C@H](NC(=O)[C@H](Cc1ccccc1)NC(=O)[C@H](Cc1ccccc1)NC(=O)[C@H](Cc1ccccc1)NC(=O)[C@H](Cc1ccccc1)NC(=O)[C@@H](N)CCC(=O)O)C(=O)O. The van der Waals surface area contributed by atoms with Crippen molar-refractivity contribution in [3.63, 3.8) is 0 Å². The number of nitrogens with two attached hydrogens (primary N) is 2. The molecule has 0 fully saturated rings. The van der Waals surface area contributed by atoms with E-state index in [1.54, 1.807) is 121 Å². The molecule has 6 atom stereocenters. The molecule has 5 amide bonds. The van der Waals surface area contributed by atoms with Crippen LogP contribution in [0.1, 0.15) is 54.4 Å². The van der Waals surface area contributed by atoms with Crippen molar-refractivity contribution in [3.8, 4) is 0 Å². The van der Waals surface area contributed by atoms with Crippen LogP contribution in [0.2, 0.25) is 0 Å². The molecule has 11 N–H and O–H groups in total. The summed E-state index contributed by atoms with van der Waals surface area (Å²) in [6, 6.07) is 27.8. The van der Waals surface area contributed by atoms with Crippen LogP contribution in [0.15, 0.2) is 121 Å². The maximum Gasteiger partial charge on any atom is 0.326 e. The number of unbranched alkanes of at least 4 members (excludes halogenated alkanes) is 1. The van der Waals surface area contributed by atoms with Crippen LogP contribution in [0.25, 0.3) is 0 Å². The zero-order valence-electron chi connectivity index (χ0n) is 35.0. The van der Waals surface area contributed by atoms with Crippen molar-refractivity contribution in [2.45, 2.75) is 94.0 Å². The average molecular weight is 864 g/mol. The number of rotatable bonds is 26. The number of aliphatic carboxylic acids is 2.